The Bertz CT molecular complexity index is 989. The summed E-state index contributed by atoms with van der Waals surface area (Å²) in [5.41, 5.74) is 1.99. The minimum atomic E-state index is -0.378. The number of ether oxygens (including phenoxy) is 1. The number of carbonyl (C=O) groups excluding carboxylic acids is 1. The van der Waals surface area contributed by atoms with Gasteiger partial charge in [0.1, 0.15) is 17.8 Å². The van der Waals surface area contributed by atoms with E-state index >= 15 is 0 Å². The van der Waals surface area contributed by atoms with Crippen LogP contribution in [0.3, 0.4) is 0 Å². The van der Waals surface area contributed by atoms with Gasteiger partial charge in [-0.2, -0.15) is 0 Å². The zero-order valence-electron chi connectivity index (χ0n) is 14.5. The molecule has 1 amide bonds. The molecule has 25 heavy (non-hydrogen) atoms. The van der Waals surface area contributed by atoms with Crippen molar-refractivity contribution in [1.82, 2.24) is 19.1 Å². The van der Waals surface area contributed by atoms with Crippen molar-refractivity contribution in [1.29, 1.82) is 0 Å². The van der Waals surface area contributed by atoms with E-state index in [0.717, 1.165) is 5.52 Å². The van der Waals surface area contributed by atoms with Crippen molar-refractivity contribution in [3.8, 4) is 5.75 Å². The molecule has 0 aliphatic rings. The topological polar surface area (TPSA) is 91.0 Å². The summed E-state index contributed by atoms with van der Waals surface area (Å²) >= 11 is 0. The van der Waals surface area contributed by atoms with Crippen molar-refractivity contribution in [2.45, 2.75) is 20.0 Å². The Morgan fingerprint density at radius 1 is 1.20 bits per heavy atom. The highest BCUT2D eigenvalue weighted by Gasteiger charge is 2.17. The van der Waals surface area contributed by atoms with Gasteiger partial charge in [0, 0.05) is 26.4 Å². The van der Waals surface area contributed by atoms with Gasteiger partial charge in [-0.3, -0.25) is 13.9 Å². The smallest absolute Gasteiger partial charge is 0.328 e. The number of rotatable bonds is 4. The fraction of sp³-hybridized carbons (Fsp3) is 0.294. The van der Waals surface area contributed by atoms with Crippen molar-refractivity contribution >= 4 is 22.6 Å². The first kappa shape index (κ1) is 16.7. The van der Waals surface area contributed by atoms with E-state index in [-0.39, 0.29) is 23.4 Å². The molecule has 0 radical (unpaired) electrons. The number of aryl methyl sites for hydroxylation is 2. The van der Waals surface area contributed by atoms with E-state index in [9.17, 15) is 9.59 Å². The van der Waals surface area contributed by atoms with Crippen molar-refractivity contribution in [2.24, 2.45) is 14.1 Å². The van der Waals surface area contributed by atoms with Gasteiger partial charge in [-0.15, -0.1) is 0 Å². The molecule has 0 bridgehead atoms. The SMILES string of the molecule is CC(C)Oc1cc2c(cc1NC(=O)c1ccncn1)n(C)c(=O)n2C. The predicted octanol–water partition coefficient (Wildman–Crippen LogP) is 1.71. The normalized spacial score (nSPS) is 11.1. The summed E-state index contributed by atoms with van der Waals surface area (Å²) in [6, 6.07) is 5.01. The van der Waals surface area contributed by atoms with Crippen LogP contribution < -0.4 is 15.7 Å². The molecular weight excluding hydrogens is 322 g/mol. The van der Waals surface area contributed by atoms with Gasteiger partial charge in [0.15, 0.2) is 0 Å². The quantitative estimate of drug-likeness (QED) is 0.780. The van der Waals surface area contributed by atoms with Gasteiger partial charge < -0.3 is 10.1 Å². The van der Waals surface area contributed by atoms with Crippen LogP contribution in [-0.4, -0.2) is 31.1 Å². The van der Waals surface area contributed by atoms with Gasteiger partial charge in [0.2, 0.25) is 0 Å². The molecule has 0 atom stereocenters. The lowest BCUT2D eigenvalue weighted by Crippen LogP contribution is -2.19. The average Bonchev–Trinajstić information content (AvgIpc) is 2.80. The summed E-state index contributed by atoms with van der Waals surface area (Å²) in [5, 5.41) is 2.80. The van der Waals surface area contributed by atoms with Crippen LogP contribution in [0.1, 0.15) is 24.3 Å². The Hall–Kier alpha value is -3.16. The van der Waals surface area contributed by atoms with Crippen LogP contribution in [0.15, 0.2) is 35.5 Å². The van der Waals surface area contributed by atoms with Gasteiger partial charge in [-0.1, -0.05) is 0 Å². The number of anilines is 1. The molecule has 8 nitrogen and oxygen atoms in total. The highest BCUT2D eigenvalue weighted by Crippen LogP contribution is 2.31. The van der Waals surface area contributed by atoms with Gasteiger partial charge in [-0.05, 0) is 26.0 Å². The number of nitrogens with zero attached hydrogens (tertiary/aromatic N) is 4. The third-order valence-corrected chi connectivity index (χ3v) is 3.80. The molecule has 3 rings (SSSR count). The summed E-state index contributed by atoms with van der Waals surface area (Å²) in [6.45, 7) is 3.79. The molecule has 1 N–H and O–H groups in total. The third kappa shape index (κ3) is 3.10. The fourth-order valence-corrected chi connectivity index (χ4v) is 2.59. The Labute approximate surface area is 144 Å². The molecule has 3 aromatic rings. The molecule has 0 unspecified atom stereocenters. The van der Waals surface area contributed by atoms with Crippen LogP contribution >= 0.6 is 0 Å². The van der Waals surface area contributed by atoms with Crippen molar-refractivity contribution in [2.75, 3.05) is 5.32 Å². The summed E-state index contributed by atoms with van der Waals surface area (Å²) in [6.07, 6.45) is 2.72. The van der Waals surface area contributed by atoms with Crippen molar-refractivity contribution in [3.63, 3.8) is 0 Å². The largest absolute Gasteiger partial charge is 0.489 e. The van der Waals surface area contributed by atoms with Gasteiger partial charge >= 0.3 is 5.69 Å². The monoisotopic (exact) mass is 341 g/mol. The summed E-state index contributed by atoms with van der Waals surface area (Å²) in [4.78, 5) is 32.3. The molecule has 0 saturated carbocycles. The van der Waals surface area contributed by atoms with E-state index in [0.29, 0.717) is 17.0 Å². The molecule has 0 saturated heterocycles. The van der Waals surface area contributed by atoms with Crippen LogP contribution in [-0.2, 0) is 14.1 Å². The fourth-order valence-electron chi connectivity index (χ4n) is 2.59. The number of benzene rings is 1. The van der Waals surface area contributed by atoms with Gasteiger partial charge in [0.05, 0.1) is 22.8 Å². The van der Waals surface area contributed by atoms with E-state index in [1.54, 1.807) is 30.8 Å². The number of aromatic nitrogens is 4. The Kier molecular flexibility index (Phi) is 4.26. The third-order valence-electron chi connectivity index (χ3n) is 3.80. The first-order valence-electron chi connectivity index (χ1n) is 7.82. The lowest BCUT2D eigenvalue weighted by molar-refractivity contribution is 0.102. The second kappa shape index (κ2) is 6.39. The number of amides is 1. The number of carbonyl (C=O) groups is 1. The van der Waals surface area contributed by atoms with Crippen molar-refractivity contribution < 1.29 is 9.53 Å². The Morgan fingerprint density at radius 3 is 2.48 bits per heavy atom. The molecule has 2 aromatic heterocycles. The summed E-state index contributed by atoms with van der Waals surface area (Å²) in [5.74, 6) is 0.113. The predicted molar refractivity (Wildman–Crippen MR) is 93.9 cm³/mol. The minimum absolute atomic E-state index is 0.0899. The van der Waals surface area contributed by atoms with E-state index < -0.39 is 0 Å². The van der Waals surface area contributed by atoms with Crippen LogP contribution in [0.25, 0.3) is 11.0 Å². The highest BCUT2D eigenvalue weighted by molar-refractivity contribution is 6.04. The maximum Gasteiger partial charge on any atom is 0.328 e. The van der Waals surface area contributed by atoms with Crippen LogP contribution in [0.5, 0.6) is 5.75 Å². The minimum Gasteiger partial charge on any atom is -0.489 e. The summed E-state index contributed by atoms with van der Waals surface area (Å²) in [7, 11) is 3.38. The van der Waals surface area contributed by atoms with Gasteiger partial charge in [0.25, 0.3) is 5.91 Å². The van der Waals surface area contributed by atoms with Crippen LogP contribution in [0, 0.1) is 0 Å². The molecule has 1 aromatic carbocycles. The molecule has 0 aliphatic carbocycles. The first-order valence-corrected chi connectivity index (χ1v) is 7.82. The van der Waals surface area contributed by atoms with Crippen LogP contribution in [0.2, 0.25) is 0 Å². The molecule has 130 valence electrons. The Morgan fingerprint density at radius 2 is 1.88 bits per heavy atom. The number of fused-ring (bicyclic) bond motifs is 1. The first-order chi connectivity index (χ1) is 11.9. The maximum atomic E-state index is 12.4. The van der Waals surface area contributed by atoms with Crippen LogP contribution in [0.4, 0.5) is 5.69 Å². The van der Waals surface area contributed by atoms with Crippen molar-refractivity contribution in [3.05, 3.63) is 46.9 Å². The number of hydrogen-bond donors (Lipinski definition) is 1. The second-order valence-electron chi connectivity index (χ2n) is 5.95. The zero-order chi connectivity index (χ0) is 18.1. The van der Waals surface area contributed by atoms with E-state index in [4.69, 9.17) is 4.74 Å². The molecule has 0 fully saturated rings. The van der Waals surface area contributed by atoms with E-state index in [1.807, 2.05) is 13.8 Å². The van der Waals surface area contributed by atoms with E-state index in [2.05, 4.69) is 15.3 Å². The lowest BCUT2D eigenvalue weighted by Gasteiger charge is -2.15. The van der Waals surface area contributed by atoms with E-state index in [1.165, 1.54) is 23.2 Å². The molecule has 0 spiro atoms. The maximum absolute atomic E-state index is 12.4. The Balaban J connectivity index is 2.10. The number of nitrogens with one attached hydrogen (secondary N) is 1. The number of hydrogen-bond acceptors (Lipinski definition) is 5. The molecule has 0 aliphatic heterocycles. The molecule has 8 heteroatoms. The number of imidazole rings is 1. The highest BCUT2D eigenvalue weighted by atomic mass is 16.5. The molecule has 2 heterocycles. The molecular formula is C17H19N5O3. The van der Waals surface area contributed by atoms with Gasteiger partial charge in [-0.25, -0.2) is 14.8 Å². The standard InChI is InChI=1S/C17H19N5O3/c1-10(2)25-15-8-14-13(21(3)17(24)22(14)4)7-12(15)20-16(23)11-5-6-18-9-19-11/h5-10H,1-4H3,(H,20,23). The lowest BCUT2D eigenvalue weighted by atomic mass is 10.2. The zero-order valence-corrected chi connectivity index (χ0v) is 14.5. The average molecular weight is 341 g/mol. The second-order valence-corrected chi connectivity index (χ2v) is 5.95. The summed E-state index contributed by atoms with van der Waals surface area (Å²) < 4.78 is 8.89.